The van der Waals surface area contributed by atoms with E-state index in [1.165, 1.54) is 0 Å². The third-order valence-electron chi connectivity index (χ3n) is 2.19. The molecule has 0 radical (unpaired) electrons. The first-order valence-corrected chi connectivity index (χ1v) is 4.61. The normalized spacial score (nSPS) is 14.6. The largest absolute Gasteiger partial charge is 0.484 e. The Morgan fingerprint density at radius 1 is 1.33 bits per heavy atom. The zero-order valence-corrected chi connectivity index (χ0v) is 7.90. The average molecular weight is 217 g/mol. The number of fused-ring (bicyclic) bond motifs is 1. The highest BCUT2D eigenvalue weighted by molar-refractivity contribution is 5.58. The van der Waals surface area contributed by atoms with Crippen molar-refractivity contribution >= 4 is 5.69 Å². The number of ether oxygens (including phenoxy) is 1. The summed E-state index contributed by atoms with van der Waals surface area (Å²) in [6.45, 7) is -0.413. The molecule has 2 rings (SSSR count). The third-order valence-corrected chi connectivity index (χ3v) is 2.19. The van der Waals surface area contributed by atoms with Crippen LogP contribution in [0, 0.1) is 0 Å². The van der Waals surface area contributed by atoms with Crippen LogP contribution < -0.4 is 10.1 Å². The molecular weight excluding hydrogens is 207 g/mol. The average Bonchev–Trinajstić information content (AvgIpc) is 2.60. The number of alkyl halides is 3. The topological polar surface area (TPSA) is 21.3 Å². The van der Waals surface area contributed by atoms with Crippen molar-refractivity contribution in [3.63, 3.8) is 0 Å². The van der Waals surface area contributed by atoms with Crippen LogP contribution in [0.25, 0.3) is 0 Å². The first-order chi connectivity index (χ1) is 7.04. The van der Waals surface area contributed by atoms with Gasteiger partial charge >= 0.3 is 6.18 Å². The molecule has 2 nitrogen and oxygen atoms in total. The predicted octanol–water partition coefficient (Wildman–Crippen LogP) is 2.60. The maximum absolute atomic E-state index is 11.9. The molecular formula is C10H10F3NO. The first kappa shape index (κ1) is 10.1. The molecule has 1 aliphatic rings. The van der Waals surface area contributed by atoms with Crippen molar-refractivity contribution in [2.24, 2.45) is 0 Å². The number of halogens is 3. The Kier molecular flexibility index (Phi) is 2.46. The Bertz CT molecular complexity index is 362. The maximum Gasteiger partial charge on any atom is 0.422 e. The highest BCUT2D eigenvalue weighted by Crippen LogP contribution is 2.27. The summed E-state index contributed by atoms with van der Waals surface area (Å²) in [7, 11) is 0. The van der Waals surface area contributed by atoms with Gasteiger partial charge in [0, 0.05) is 18.3 Å². The van der Waals surface area contributed by atoms with Crippen LogP contribution >= 0.6 is 0 Å². The fourth-order valence-corrected chi connectivity index (χ4v) is 1.52. The minimum atomic E-state index is -4.29. The van der Waals surface area contributed by atoms with E-state index < -0.39 is 12.8 Å². The van der Waals surface area contributed by atoms with E-state index in [1.54, 1.807) is 18.2 Å². The Hall–Kier alpha value is -1.39. The molecule has 1 N–H and O–H groups in total. The summed E-state index contributed by atoms with van der Waals surface area (Å²) in [6.07, 6.45) is -3.37. The van der Waals surface area contributed by atoms with Crippen molar-refractivity contribution < 1.29 is 17.9 Å². The van der Waals surface area contributed by atoms with Crippen molar-refractivity contribution in [1.29, 1.82) is 0 Å². The summed E-state index contributed by atoms with van der Waals surface area (Å²) in [6, 6.07) is 4.96. The van der Waals surface area contributed by atoms with Gasteiger partial charge in [-0.15, -0.1) is 0 Å². The number of benzene rings is 1. The van der Waals surface area contributed by atoms with E-state index in [2.05, 4.69) is 10.1 Å². The van der Waals surface area contributed by atoms with Gasteiger partial charge in [-0.1, -0.05) is 6.07 Å². The van der Waals surface area contributed by atoms with E-state index in [0.717, 1.165) is 24.2 Å². The highest BCUT2D eigenvalue weighted by atomic mass is 19.4. The Morgan fingerprint density at radius 3 is 2.87 bits per heavy atom. The molecule has 0 amide bonds. The zero-order valence-electron chi connectivity index (χ0n) is 7.90. The molecule has 1 aromatic carbocycles. The van der Waals surface area contributed by atoms with Gasteiger partial charge in [0.2, 0.25) is 0 Å². The summed E-state index contributed by atoms with van der Waals surface area (Å²) in [4.78, 5) is 0. The van der Waals surface area contributed by atoms with Gasteiger partial charge < -0.3 is 10.1 Å². The summed E-state index contributed by atoms with van der Waals surface area (Å²) < 4.78 is 40.3. The smallest absolute Gasteiger partial charge is 0.422 e. The molecule has 0 bridgehead atoms. The van der Waals surface area contributed by atoms with E-state index in [9.17, 15) is 13.2 Å². The van der Waals surface area contributed by atoms with Crippen LogP contribution in [0.1, 0.15) is 5.56 Å². The fraction of sp³-hybridized carbons (Fsp3) is 0.400. The van der Waals surface area contributed by atoms with Crippen LogP contribution in [0.4, 0.5) is 18.9 Å². The lowest BCUT2D eigenvalue weighted by molar-refractivity contribution is -0.153. The standard InChI is InChI=1S/C10H10F3NO/c11-10(12,13)6-15-8-2-1-7-3-4-14-9(7)5-8/h1-2,5,14H,3-4,6H2. The van der Waals surface area contributed by atoms with E-state index in [0.29, 0.717) is 0 Å². The van der Waals surface area contributed by atoms with Crippen LogP contribution in [0.15, 0.2) is 18.2 Å². The van der Waals surface area contributed by atoms with Gasteiger partial charge in [-0.25, -0.2) is 0 Å². The molecule has 1 aliphatic heterocycles. The van der Waals surface area contributed by atoms with Crippen LogP contribution in [-0.2, 0) is 6.42 Å². The van der Waals surface area contributed by atoms with E-state index in [4.69, 9.17) is 0 Å². The van der Waals surface area contributed by atoms with Gasteiger partial charge in [0.25, 0.3) is 0 Å². The minimum Gasteiger partial charge on any atom is -0.484 e. The lowest BCUT2D eigenvalue weighted by Crippen LogP contribution is -2.19. The molecule has 0 spiro atoms. The molecule has 15 heavy (non-hydrogen) atoms. The fourth-order valence-electron chi connectivity index (χ4n) is 1.52. The van der Waals surface area contributed by atoms with Crippen LogP contribution in [-0.4, -0.2) is 19.3 Å². The lowest BCUT2D eigenvalue weighted by Gasteiger charge is -2.10. The van der Waals surface area contributed by atoms with Crippen molar-refractivity contribution in [3.8, 4) is 5.75 Å². The Labute approximate surface area is 85.0 Å². The van der Waals surface area contributed by atoms with E-state index in [1.807, 2.05) is 0 Å². The van der Waals surface area contributed by atoms with Crippen molar-refractivity contribution in [3.05, 3.63) is 23.8 Å². The Morgan fingerprint density at radius 2 is 2.13 bits per heavy atom. The van der Waals surface area contributed by atoms with Crippen molar-refractivity contribution in [2.75, 3.05) is 18.5 Å². The molecule has 1 aromatic rings. The van der Waals surface area contributed by atoms with Crippen LogP contribution in [0.3, 0.4) is 0 Å². The quantitative estimate of drug-likeness (QED) is 0.822. The molecule has 0 aromatic heterocycles. The first-order valence-electron chi connectivity index (χ1n) is 4.61. The van der Waals surface area contributed by atoms with Crippen LogP contribution in [0.2, 0.25) is 0 Å². The minimum absolute atomic E-state index is 0.250. The maximum atomic E-state index is 11.9. The number of anilines is 1. The molecule has 0 saturated heterocycles. The molecule has 5 heteroatoms. The van der Waals surface area contributed by atoms with E-state index in [-0.39, 0.29) is 5.75 Å². The summed E-state index contributed by atoms with van der Waals surface area (Å²) in [5, 5.41) is 3.08. The highest BCUT2D eigenvalue weighted by Gasteiger charge is 2.28. The summed E-state index contributed by atoms with van der Waals surface area (Å²) in [5.74, 6) is 0.250. The second-order valence-electron chi connectivity index (χ2n) is 3.40. The summed E-state index contributed by atoms with van der Waals surface area (Å²) >= 11 is 0. The number of hydrogen-bond donors (Lipinski definition) is 1. The lowest BCUT2D eigenvalue weighted by atomic mass is 10.1. The van der Waals surface area contributed by atoms with Crippen LogP contribution in [0.5, 0.6) is 5.75 Å². The monoisotopic (exact) mass is 217 g/mol. The SMILES string of the molecule is FC(F)(F)COc1ccc2c(c1)NCC2. The Balaban J connectivity index is 2.04. The number of hydrogen-bond acceptors (Lipinski definition) is 2. The predicted molar refractivity (Wildman–Crippen MR) is 50.2 cm³/mol. The third kappa shape index (κ3) is 2.55. The van der Waals surface area contributed by atoms with E-state index >= 15 is 0 Å². The number of nitrogens with one attached hydrogen (secondary N) is 1. The molecule has 0 saturated carbocycles. The van der Waals surface area contributed by atoms with Gasteiger partial charge in [-0.3, -0.25) is 0 Å². The van der Waals surface area contributed by atoms with Gasteiger partial charge in [0.05, 0.1) is 0 Å². The van der Waals surface area contributed by atoms with Gasteiger partial charge in [0.1, 0.15) is 5.75 Å². The second kappa shape index (κ2) is 3.64. The molecule has 82 valence electrons. The molecule has 1 heterocycles. The molecule has 0 unspecified atom stereocenters. The van der Waals surface area contributed by atoms with Crippen molar-refractivity contribution in [2.45, 2.75) is 12.6 Å². The van der Waals surface area contributed by atoms with Gasteiger partial charge in [0.15, 0.2) is 6.61 Å². The van der Waals surface area contributed by atoms with Gasteiger partial charge in [-0.05, 0) is 18.1 Å². The summed E-state index contributed by atoms with van der Waals surface area (Å²) in [5.41, 5.74) is 1.99. The second-order valence-corrected chi connectivity index (χ2v) is 3.40. The molecule has 0 fully saturated rings. The number of rotatable bonds is 2. The van der Waals surface area contributed by atoms with Gasteiger partial charge in [-0.2, -0.15) is 13.2 Å². The van der Waals surface area contributed by atoms with Crippen molar-refractivity contribution in [1.82, 2.24) is 0 Å². The molecule has 0 aliphatic carbocycles. The molecule has 0 atom stereocenters. The zero-order chi connectivity index (χ0) is 10.9.